The van der Waals surface area contributed by atoms with Crippen LogP contribution in [0.5, 0.6) is 5.75 Å². The van der Waals surface area contributed by atoms with E-state index in [0.717, 1.165) is 12.2 Å². The normalized spacial score (nSPS) is 15.1. The fourth-order valence-electron chi connectivity index (χ4n) is 1.14. The van der Waals surface area contributed by atoms with Gasteiger partial charge in [-0.25, -0.2) is 4.98 Å². The summed E-state index contributed by atoms with van der Waals surface area (Å²) in [7, 11) is 0. The van der Waals surface area contributed by atoms with Gasteiger partial charge in [0.25, 0.3) is 0 Å². The lowest BCUT2D eigenvalue weighted by Crippen LogP contribution is -1.96. The summed E-state index contributed by atoms with van der Waals surface area (Å²) in [6, 6.07) is 3.59. The topological polar surface area (TPSA) is 22.1 Å². The fourth-order valence-corrected chi connectivity index (χ4v) is 1.30. The van der Waals surface area contributed by atoms with Gasteiger partial charge in [0, 0.05) is 6.20 Å². The number of aromatic nitrogens is 1. The Labute approximate surface area is 87.9 Å². The summed E-state index contributed by atoms with van der Waals surface area (Å²) in [6.45, 7) is 0. The Morgan fingerprint density at radius 1 is 1.43 bits per heavy atom. The standard InChI is InChI=1S/C11H9ClNO/c12-11-10(7-4-8-13-11)14-9-5-2-1-3-6-9/h1-2,4-8H,3H2. The lowest BCUT2D eigenvalue weighted by Gasteiger charge is -2.09. The molecule has 0 fully saturated rings. The first-order valence-electron chi connectivity index (χ1n) is 4.34. The van der Waals surface area contributed by atoms with Gasteiger partial charge in [-0.1, -0.05) is 17.7 Å². The molecule has 0 saturated carbocycles. The molecule has 0 saturated heterocycles. The van der Waals surface area contributed by atoms with Crippen molar-refractivity contribution in [1.82, 2.24) is 4.98 Å². The maximum absolute atomic E-state index is 5.85. The van der Waals surface area contributed by atoms with Crippen LogP contribution in [0, 0.1) is 6.42 Å². The Morgan fingerprint density at radius 2 is 2.36 bits per heavy atom. The van der Waals surface area contributed by atoms with Crippen molar-refractivity contribution in [2.24, 2.45) is 0 Å². The van der Waals surface area contributed by atoms with Crippen LogP contribution in [-0.2, 0) is 0 Å². The van der Waals surface area contributed by atoms with E-state index in [2.05, 4.69) is 11.4 Å². The Kier molecular flexibility index (Phi) is 2.84. The molecule has 0 unspecified atom stereocenters. The molecule has 71 valence electrons. The van der Waals surface area contributed by atoms with E-state index in [1.165, 1.54) is 0 Å². The van der Waals surface area contributed by atoms with Gasteiger partial charge in [-0.05, 0) is 37.1 Å². The molecular weight excluding hydrogens is 198 g/mol. The third-order valence-corrected chi connectivity index (χ3v) is 2.09. The fraction of sp³-hybridized carbons (Fsp3) is 0.0909. The monoisotopic (exact) mass is 206 g/mol. The smallest absolute Gasteiger partial charge is 0.171 e. The third-order valence-electron chi connectivity index (χ3n) is 1.80. The average Bonchev–Trinajstić information content (AvgIpc) is 2.23. The van der Waals surface area contributed by atoms with Crippen molar-refractivity contribution in [2.75, 3.05) is 0 Å². The van der Waals surface area contributed by atoms with Crippen LogP contribution in [0.15, 0.2) is 42.3 Å². The average molecular weight is 207 g/mol. The van der Waals surface area contributed by atoms with Gasteiger partial charge in [0.1, 0.15) is 5.76 Å². The minimum absolute atomic E-state index is 0.386. The molecule has 0 spiro atoms. The van der Waals surface area contributed by atoms with Gasteiger partial charge in [-0.15, -0.1) is 0 Å². The molecule has 1 aromatic rings. The summed E-state index contributed by atoms with van der Waals surface area (Å²) < 4.78 is 5.55. The largest absolute Gasteiger partial charge is 0.454 e. The van der Waals surface area contributed by atoms with E-state index in [1.54, 1.807) is 18.3 Å². The van der Waals surface area contributed by atoms with Gasteiger partial charge in [0.05, 0.1) is 0 Å². The number of allylic oxidation sites excluding steroid dienone is 3. The quantitative estimate of drug-likeness (QED) is 0.694. The van der Waals surface area contributed by atoms with Crippen LogP contribution in [0.4, 0.5) is 0 Å². The predicted octanol–water partition coefficient (Wildman–Crippen LogP) is 3.16. The summed E-state index contributed by atoms with van der Waals surface area (Å²) in [4.78, 5) is 3.93. The van der Waals surface area contributed by atoms with E-state index in [1.807, 2.05) is 18.2 Å². The van der Waals surface area contributed by atoms with Gasteiger partial charge in [-0.3, -0.25) is 0 Å². The highest BCUT2D eigenvalue weighted by Crippen LogP contribution is 2.24. The zero-order valence-electron chi connectivity index (χ0n) is 7.48. The molecule has 3 heteroatoms. The molecule has 1 aliphatic carbocycles. The molecule has 1 heterocycles. The second kappa shape index (κ2) is 4.29. The van der Waals surface area contributed by atoms with Crippen molar-refractivity contribution in [3.05, 3.63) is 53.9 Å². The maximum Gasteiger partial charge on any atom is 0.171 e. The van der Waals surface area contributed by atoms with Gasteiger partial charge in [0.2, 0.25) is 0 Å². The highest BCUT2D eigenvalue weighted by molar-refractivity contribution is 6.30. The van der Waals surface area contributed by atoms with Crippen LogP contribution in [-0.4, -0.2) is 4.98 Å². The highest BCUT2D eigenvalue weighted by Gasteiger charge is 2.04. The highest BCUT2D eigenvalue weighted by atomic mass is 35.5. The van der Waals surface area contributed by atoms with Gasteiger partial charge in [0.15, 0.2) is 10.9 Å². The van der Waals surface area contributed by atoms with E-state index < -0.39 is 0 Å². The number of hydrogen-bond donors (Lipinski definition) is 0. The third kappa shape index (κ3) is 2.15. The van der Waals surface area contributed by atoms with Crippen molar-refractivity contribution >= 4 is 11.6 Å². The molecule has 0 aliphatic heterocycles. The second-order valence-electron chi connectivity index (χ2n) is 2.83. The lowest BCUT2D eigenvalue weighted by atomic mass is 10.2. The van der Waals surface area contributed by atoms with Crippen LogP contribution in [0.2, 0.25) is 5.15 Å². The molecule has 2 rings (SSSR count). The molecule has 0 atom stereocenters. The molecule has 0 aromatic carbocycles. The summed E-state index contributed by atoms with van der Waals surface area (Å²) in [5, 5.41) is 0.386. The number of ether oxygens (including phenoxy) is 1. The molecule has 14 heavy (non-hydrogen) atoms. The van der Waals surface area contributed by atoms with Gasteiger partial charge in [-0.2, -0.15) is 0 Å². The summed E-state index contributed by atoms with van der Waals surface area (Å²) in [6.07, 6.45) is 10.4. The molecule has 0 N–H and O–H groups in total. The second-order valence-corrected chi connectivity index (χ2v) is 3.19. The van der Waals surface area contributed by atoms with Gasteiger partial charge >= 0.3 is 0 Å². The Hall–Kier alpha value is -1.28. The minimum Gasteiger partial charge on any atom is -0.454 e. The number of halogens is 1. The molecule has 1 aromatic heterocycles. The van der Waals surface area contributed by atoms with E-state index in [-0.39, 0.29) is 0 Å². The lowest BCUT2D eigenvalue weighted by molar-refractivity contribution is 0.439. The van der Waals surface area contributed by atoms with Crippen LogP contribution in [0.25, 0.3) is 0 Å². The van der Waals surface area contributed by atoms with E-state index >= 15 is 0 Å². The first kappa shape index (κ1) is 9.28. The van der Waals surface area contributed by atoms with E-state index in [0.29, 0.717) is 10.9 Å². The molecule has 1 aliphatic rings. The number of rotatable bonds is 2. The van der Waals surface area contributed by atoms with E-state index in [4.69, 9.17) is 16.3 Å². The molecule has 2 nitrogen and oxygen atoms in total. The zero-order valence-corrected chi connectivity index (χ0v) is 8.24. The minimum atomic E-state index is 0.386. The summed E-state index contributed by atoms with van der Waals surface area (Å²) in [5.74, 6) is 1.40. The van der Waals surface area contributed by atoms with E-state index in [9.17, 15) is 0 Å². The summed E-state index contributed by atoms with van der Waals surface area (Å²) >= 11 is 5.85. The van der Waals surface area contributed by atoms with Gasteiger partial charge < -0.3 is 4.74 Å². The Bertz CT molecular complexity index is 385. The number of pyridine rings is 1. The van der Waals surface area contributed by atoms with Crippen molar-refractivity contribution in [2.45, 2.75) is 6.42 Å². The first-order chi connectivity index (χ1) is 6.86. The molecular formula is C11H9ClNO. The Morgan fingerprint density at radius 3 is 3.07 bits per heavy atom. The van der Waals surface area contributed by atoms with Crippen molar-refractivity contribution in [3.8, 4) is 5.75 Å². The van der Waals surface area contributed by atoms with Crippen LogP contribution < -0.4 is 4.74 Å². The first-order valence-corrected chi connectivity index (χ1v) is 4.72. The number of hydrogen-bond acceptors (Lipinski definition) is 2. The maximum atomic E-state index is 5.85. The van der Waals surface area contributed by atoms with Crippen molar-refractivity contribution in [1.29, 1.82) is 0 Å². The number of nitrogens with zero attached hydrogens (tertiary/aromatic N) is 1. The Balaban J connectivity index is 2.14. The molecule has 0 bridgehead atoms. The van der Waals surface area contributed by atoms with Crippen molar-refractivity contribution < 1.29 is 4.74 Å². The molecule has 1 radical (unpaired) electrons. The zero-order chi connectivity index (χ0) is 9.80. The van der Waals surface area contributed by atoms with Crippen LogP contribution in [0.3, 0.4) is 0 Å². The predicted molar refractivity (Wildman–Crippen MR) is 56.0 cm³/mol. The summed E-state index contributed by atoms with van der Waals surface area (Å²) in [5.41, 5.74) is 0. The van der Waals surface area contributed by atoms with Crippen LogP contribution in [0.1, 0.15) is 6.42 Å². The van der Waals surface area contributed by atoms with Crippen molar-refractivity contribution in [3.63, 3.8) is 0 Å². The SMILES string of the molecule is Clc1ncccc1OC1=CC[CH]C=C1. The van der Waals surface area contributed by atoms with Crippen LogP contribution >= 0.6 is 11.6 Å². The molecule has 0 amide bonds.